The average Bonchev–Trinajstić information content (AvgIpc) is 2.95. The van der Waals surface area contributed by atoms with Gasteiger partial charge in [-0.3, -0.25) is 15.0 Å². The van der Waals surface area contributed by atoms with Gasteiger partial charge in [0.1, 0.15) is 5.57 Å². The summed E-state index contributed by atoms with van der Waals surface area (Å²) in [4.78, 5) is 35.7. The third-order valence-corrected chi connectivity index (χ3v) is 4.40. The van der Waals surface area contributed by atoms with E-state index < -0.39 is 24.4 Å². The average molecular weight is 447 g/mol. The van der Waals surface area contributed by atoms with Crippen LogP contribution in [0.15, 0.2) is 52.5 Å². The molecule has 0 atom stereocenters. The number of nitrogens with one attached hydrogen (secondary N) is 1. The SMILES string of the molecule is COc1cc(/C=C2\C(=O)NN(c3ccccc3)C2=O)cc(Br)c1OCC(=O)O. The van der Waals surface area contributed by atoms with Gasteiger partial charge in [0.05, 0.1) is 17.3 Å². The molecule has 2 N–H and O–H groups in total. The Balaban J connectivity index is 1.92. The number of carbonyl (C=O) groups excluding carboxylic acids is 2. The molecule has 0 bridgehead atoms. The van der Waals surface area contributed by atoms with Crippen molar-refractivity contribution in [1.29, 1.82) is 0 Å². The summed E-state index contributed by atoms with van der Waals surface area (Å²) in [5.41, 5.74) is 3.52. The second-order valence-electron chi connectivity index (χ2n) is 5.69. The first-order valence-corrected chi connectivity index (χ1v) is 8.84. The number of benzene rings is 2. The van der Waals surface area contributed by atoms with Gasteiger partial charge in [0.2, 0.25) is 0 Å². The van der Waals surface area contributed by atoms with Crippen molar-refractivity contribution in [1.82, 2.24) is 5.43 Å². The number of ether oxygens (including phenoxy) is 2. The largest absolute Gasteiger partial charge is 0.493 e. The van der Waals surface area contributed by atoms with Crippen molar-refractivity contribution in [3.8, 4) is 11.5 Å². The summed E-state index contributed by atoms with van der Waals surface area (Å²) in [5, 5.41) is 9.94. The lowest BCUT2D eigenvalue weighted by Crippen LogP contribution is -2.35. The zero-order valence-electron chi connectivity index (χ0n) is 14.6. The molecule has 144 valence electrons. The van der Waals surface area contributed by atoms with Crippen LogP contribution in [0.25, 0.3) is 6.08 Å². The van der Waals surface area contributed by atoms with E-state index >= 15 is 0 Å². The lowest BCUT2D eigenvalue weighted by Gasteiger charge is -2.14. The Labute approximate surface area is 168 Å². The molecule has 0 aromatic heterocycles. The second-order valence-corrected chi connectivity index (χ2v) is 6.55. The molecule has 2 aromatic carbocycles. The molecule has 3 rings (SSSR count). The van der Waals surface area contributed by atoms with E-state index in [9.17, 15) is 14.4 Å². The number of carbonyl (C=O) groups is 3. The Morgan fingerprint density at radius 2 is 1.96 bits per heavy atom. The highest BCUT2D eigenvalue weighted by Gasteiger charge is 2.34. The van der Waals surface area contributed by atoms with Crippen LogP contribution in [0.4, 0.5) is 5.69 Å². The zero-order valence-corrected chi connectivity index (χ0v) is 16.2. The maximum Gasteiger partial charge on any atom is 0.341 e. The summed E-state index contributed by atoms with van der Waals surface area (Å²) in [7, 11) is 1.40. The summed E-state index contributed by atoms with van der Waals surface area (Å²) >= 11 is 3.29. The third kappa shape index (κ3) is 3.99. The molecule has 1 saturated heterocycles. The first-order chi connectivity index (χ1) is 13.4. The predicted octanol–water partition coefficient (Wildman–Crippen LogP) is 2.38. The van der Waals surface area contributed by atoms with Crippen molar-refractivity contribution >= 4 is 45.5 Å². The highest BCUT2D eigenvalue weighted by Crippen LogP contribution is 2.37. The Hall–Kier alpha value is -3.33. The van der Waals surface area contributed by atoms with Gasteiger partial charge in [-0.25, -0.2) is 9.80 Å². The number of para-hydroxylation sites is 1. The van der Waals surface area contributed by atoms with E-state index in [1.165, 1.54) is 18.2 Å². The van der Waals surface area contributed by atoms with Gasteiger partial charge < -0.3 is 14.6 Å². The number of aliphatic carboxylic acids is 1. The lowest BCUT2D eigenvalue weighted by atomic mass is 10.1. The Kier molecular flexibility index (Phi) is 5.65. The molecule has 8 nitrogen and oxygen atoms in total. The van der Waals surface area contributed by atoms with Gasteiger partial charge in [-0.2, -0.15) is 0 Å². The summed E-state index contributed by atoms with van der Waals surface area (Å²) < 4.78 is 10.9. The van der Waals surface area contributed by atoms with Crippen LogP contribution in [0.5, 0.6) is 11.5 Å². The number of carboxylic acids is 1. The smallest absolute Gasteiger partial charge is 0.341 e. The Morgan fingerprint density at radius 3 is 2.61 bits per heavy atom. The molecule has 2 amide bonds. The minimum Gasteiger partial charge on any atom is -0.493 e. The van der Waals surface area contributed by atoms with Crippen molar-refractivity contribution in [3.05, 3.63) is 58.1 Å². The molecule has 9 heteroatoms. The maximum atomic E-state index is 12.6. The summed E-state index contributed by atoms with van der Waals surface area (Å²) in [6, 6.07) is 11.9. The number of rotatable bonds is 6. The van der Waals surface area contributed by atoms with Crippen LogP contribution in [0, 0.1) is 0 Å². The highest BCUT2D eigenvalue weighted by atomic mass is 79.9. The van der Waals surface area contributed by atoms with Crippen molar-refractivity contribution in [2.24, 2.45) is 0 Å². The fraction of sp³-hybridized carbons (Fsp3) is 0.105. The van der Waals surface area contributed by atoms with Gasteiger partial charge in [-0.15, -0.1) is 0 Å². The van der Waals surface area contributed by atoms with Crippen LogP contribution in [0.3, 0.4) is 0 Å². The number of carboxylic acid groups (broad SMARTS) is 1. The molecular weight excluding hydrogens is 432 g/mol. The van der Waals surface area contributed by atoms with Gasteiger partial charge in [0.15, 0.2) is 18.1 Å². The van der Waals surface area contributed by atoms with E-state index in [4.69, 9.17) is 14.6 Å². The number of hydrogen-bond acceptors (Lipinski definition) is 5. The number of amides is 2. The van der Waals surface area contributed by atoms with Gasteiger partial charge in [0.25, 0.3) is 11.8 Å². The molecule has 0 aliphatic carbocycles. The lowest BCUT2D eigenvalue weighted by molar-refractivity contribution is -0.139. The van der Waals surface area contributed by atoms with E-state index in [0.29, 0.717) is 15.7 Å². The first kappa shape index (κ1) is 19.4. The number of halogens is 1. The quantitative estimate of drug-likeness (QED) is 0.521. The molecule has 1 aliphatic heterocycles. The number of hydrazine groups is 1. The van der Waals surface area contributed by atoms with Crippen LogP contribution < -0.4 is 19.9 Å². The molecule has 0 unspecified atom stereocenters. The van der Waals surface area contributed by atoms with Gasteiger partial charge in [0, 0.05) is 0 Å². The number of anilines is 1. The second kappa shape index (κ2) is 8.13. The zero-order chi connectivity index (χ0) is 20.3. The minimum atomic E-state index is -1.13. The molecule has 0 spiro atoms. The van der Waals surface area contributed by atoms with Crippen LogP contribution in [-0.4, -0.2) is 36.6 Å². The maximum absolute atomic E-state index is 12.6. The molecule has 0 radical (unpaired) electrons. The van der Waals surface area contributed by atoms with Crippen molar-refractivity contribution < 1.29 is 29.0 Å². The first-order valence-electron chi connectivity index (χ1n) is 8.05. The number of hydrogen-bond donors (Lipinski definition) is 2. The summed E-state index contributed by atoms with van der Waals surface area (Å²) in [5.74, 6) is -1.68. The monoisotopic (exact) mass is 446 g/mol. The minimum absolute atomic E-state index is 0.0444. The van der Waals surface area contributed by atoms with E-state index in [1.807, 2.05) is 0 Å². The molecule has 1 fully saturated rings. The van der Waals surface area contributed by atoms with Gasteiger partial charge >= 0.3 is 5.97 Å². The molecule has 1 heterocycles. The number of nitrogens with zero attached hydrogens (tertiary/aromatic N) is 1. The van der Waals surface area contributed by atoms with Crippen LogP contribution in [-0.2, 0) is 14.4 Å². The molecule has 28 heavy (non-hydrogen) atoms. The van der Waals surface area contributed by atoms with Crippen LogP contribution >= 0.6 is 15.9 Å². The Bertz CT molecular complexity index is 974. The predicted molar refractivity (Wildman–Crippen MR) is 104 cm³/mol. The van der Waals surface area contributed by atoms with Crippen LogP contribution in [0.1, 0.15) is 5.56 Å². The highest BCUT2D eigenvalue weighted by molar-refractivity contribution is 9.10. The third-order valence-electron chi connectivity index (χ3n) is 3.81. The normalized spacial score (nSPS) is 14.9. The van der Waals surface area contributed by atoms with E-state index in [-0.39, 0.29) is 17.1 Å². The van der Waals surface area contributed by atoms with Crippen LogP contribution in [0.2, 0.25) is 0 Å². The summed E-state index contributed by atoms with van der Waals surface area (Å²) in [6.45, 7) is -0.539. The van der Waals surface area contributed by atoms with E-state index in [1.54, 1.807) is 42.5 Å². The molecule has 0 saturated carbocycles. The summed E-state index contributed by atoms with van der Waals surface area (Å²) in [6.07, 6.45) is 1.43. The molecular formula is C19H15BrN2O6. The fourth-order valence-electron chi connectivity index (χ4n) is 2.58. The van der Waals surface area contributed by atoms with E-state index in [0.717, 1.165) is 0 Å². The van der Waals surface area contributed by atoms with Crippen molar-refractivity contribution in [3.63, 3.8) is 0 Å². The Morgan fingerprint density at radius 1 is 1.25 bits per heavy atom. The van der Waals surface area contributed by atoms with Gasteiger partial charge in [-0.05, 0) is 51.8 Å². The topological polar surface area (TPSA) is 105 Å². The number of methoxy groups -OCH3 is 1. The molecule has 1 aliphatic rings. The molecule has 2 aromatic rings. The van der Waals surface area contributed by atoms with E-state index in [2.05, 4.69) is 21.4 Å². The van der Waals surface area contributed by atoms with Crippen molar-refractivity contribution in [2.45, 2.75) is 0 Å². The fourth-order valence-corrected chi connectivity index (χ4v) is 3.15. The standard InChI is InChI=1S/C19H15BrN2O6/c1-27-15-9-11(8-14(20)17(15)28-10-16(23)24)7-13-18(25)21-22(19(13)26)12-5-3-2-4-6-12/h2-9H,10H2,1H3,(H,21,25)(H,23,24)/b13-7+. The van der Waals surface area contributed by atoms with Crippen molar-refractivity contribution in [2.75, 3.05) is 18.7 Å². The van der Waals surface area contributed by atoms with Gasteiger partial charge in [-0.1, -0.05) is 18.2 Å².